The Balaban J connectivity index is 1.91. The molecule has 168 valence electrons. The molecule has 7 nitrogen and oxygen atoms in total. The predicted molar refractivity (Wildman–Crippen MR) is 124 cm³/mol. The van der Waals surface area contributed by atoms with Gasteiger partial charge in [0.1, 0.15) is 16.3 Å². The van der Waals surface area contributed by atoms with Crippen molar-refractivity contribution >= 4 is 28.2 Å². The van der Waals surface area contributed by atoms with Gasteiger partial charge in [-0.1, -0.05) is 24.3 Å². The first kappa shape index (κ1) is 23.1. The number of carbonyl (C=O) groups is 2. The summed E-state index contributed by atoms with van der Waals surface area (Å²) >= 11 is 1.24. The van der Waals surface area contributed by atoms with Crippen LogP contribution in [0.25, 0.3) is 11.1 Å². The molecule has 3 rings (SSSR count). The van der Waals surface area contributed by atoms with Gasteiger partial charge in [-0.05, 0) is 43.7 Å². The van der Waals surface area contributed by atoms with Crippen molar-refractivity contribution in [1.29, 1.82) is 0 Å². The van der Waals surface area contributed by atoms with E-state index in [1.54, 1.807) is 57.7 Å². The van der Waals surface area contributed by atoms with E-state index in [2.05, 4.69) is 5.32 Å². The third-order valence-corrected chi connectivity index (χ3v) is 5.52. The second-order valence-electron chi connectivity index (χ2n) is 6.71. The van der Waals surface area contributed by atoms with Gasteiger partial charge < -0.3 is 24.3 Å². The van der Waals surface area contributed by atoms with Crippen molar-refractivity contribution in [3.05, 3.63) is 59.5 Å². The van der Waals surface area contributed by atoms with Gasteiger partial charge in [0.25, 0.3) is 5.91 Å². The maximum Gasteiger partial charge on any atom is 0.341 e. The van der Waals surface area contributed by atoms with Gasteiger partial charge in [0.2, 0.25) is 0 Å². The maximum atomic E-state index is 12.8. The van der Waals surface area contributed by atoms with Crippen LogP contribution < -0.4 is 19.5 Å². The fourth-order valence-electron chi connectivity index (χ4n) is 3.04. The largest absolute Gasteiger partial charge is 0.493 e. The predicted octanol–water partition coefficient (Wildman–Crippen LogP) is 5.02. The fourth-order valence-corrected chi connectivity index (χ4v) is 4.00. The number of rotatable bonds is 9. The van der Waals surface area contributed by atoms with Crippen molar-refractivity contribution in [1.82, 2.24) is 0 Å². The second-order valence-corrected chi connectivity index (χ2v) is 7.59. The van der Waals surface area contributed by atoms with Crippen LogP contribution in [0.1, 0.15) is 24.2 Å². The molecule has 0 fully saturated rings. The van der Waals surface area contributed by atoms with Gasteiger partial charge in [0, 0.05) is 10.9 Å². The van der Waals surface area contributed by atoms with E-state index in [1.165, 1.54) is 11.3 Å². The van der Waals surface area contributed by atoms with Crippen LogP contribution in [-0.2, 0) is 9.53 Å². The smallest absolute Gasteiger partial charge is 0.341 e. The Labute approximate surface area is 190 Å². The second kappa shape index (κ2) is 10.7. The molecule has 0 radical (unpaired) electrons. The molecule has 0 aliphatic carbocycles. The number of methoxy groups -OCH3 is 2. The minimum absolute atomic E-state index is 0.209. The van der Waals surface area contributed by atoms with Crippen LogP contribution in [-0.4, -0.2) is 38.8 Å². The summed E-state index contributed by atoms with van der Waals surface area (Å²) in [5.41, 5.74) is 1.64. The average molecular weight is 456 g/mol. The van der Waals surface area contributed by atoms with E-state index in [0.717, 1.165) is 5.56 Å². The third-order valence-electron chi connectivity index (χ3n) is 4.63. The number of para-hydroxylation sites is 1. The monoisotopic (exact) mass is 455 g/mol. The Morgan fingerprint density at radius 2 is 1.75 bits per heavy atom. The summed E-state index contributed by atoms with van der Waals surface area (Å²) in [6, 6.07) is 14.4. The molecule has 0 saturated carbocycles. The molecular weight excluding hydrogens is 430 g/mol. The third kappa shape index (κ3) is 5.20. The molecule has 1 amide bonds. The highest BCUT2D eigenvalue weighted by atomic mass is 32.1. The summed E-state index contributed by atoms with van der Waals surface area (Å²) in [5.74, 6) is 0.787. The van der Waals surface area contributed by atoms with Gasteiger partial charge in [0.15, 0.2) is 17.6 Å². The van der Waals surface area contributed by atoms with Crippen LogP contribution in [0.5, 0.6) is 17.2 Å². The van der Waals surface area contributed by atoms with Gasteiger partial charge >= 0.3 is 5.97 Å². The molecule has 0 aliphatic heterocycles. The van der Waals surface area contributed by atoms with Gasteiger partial charge in [-0.3, -0.25) is 4.79 Å². The van der Waals surface area contributed by atoms with Crippen LogP contribution in [0.4, 0.5) is 5.00 Å². The molecule has 0 bridgehead atoms. The van der Waals surface area contributed by atoms with Crippen LogP contribution in [0, 0.1) is 0 Å². The minimum atomic E-state index is -0.765. The quantitative estimate of drug-likeness (QED) is 0.457. The topological polar surface area (TPSA) is 83.1 Å². The lowest BCUT2D eigenvalue weighted by Gasteiger charge is -2.15. The molecule has 3 aromatic rings. The summed E-state index contributed by atoms with van der Waals surface area (Å²) in [6.07, 6.45) is -0.765. The highest BCUT2D eigenvalue weighted by Crippen LogP contribution is 2.39. The van der Waals surface area contributed by atoms with Crippen molar-refractivity contribution in [3.8, 4) is 28.4 Å². The first-order valence-corrected chi connectivity index (χ1v) is 10.9. The minimum Gasteiger partial charge on any atom is -0.493 e. The number of hydrogen-bond acceptors (Lipinski definition) is 7. The average Bonchev–Trinajstić information content (AvgIpc) is 3.22. The summed E-state index contributed by atoms with van der Waals surface area (Å²) in [6.45, 7) is 3.59. The van der Waals surface area contributed by atoms with Crippen molar-refractivity contribution in [3.63, 3.8) is 0 Å². The van der Waals surface area contributed by atoms with E-state index in [0.29, 0.717) is 27.8 Å². The Hall–Kier alpha value is -3.52. The Morgan fingerprint density at radius 1 is 1.03 bits per heavy atom. The van der Waals surface area contributed by atoms with Crippen LogP contribution >= 0.6 is 11.3 Å². The molecule has 1 atom stereocenters. The summed E-state index contributed by atoms with van der Waals surface area (Å²) < 4.78 is 21.6. The number of nitrogens with one attached hydrogen (secondary N) is 1. The van der Waals surface area contributed by atoms with Crippen molar-refractivity contribution in [2.24, 2.45) is 0 Å². The lowest BCUT2D eigenvalue weighted by atomic mass is 10.0. The molecule has 0 spiro atoms. The van der Waals surface area contributed by atoms with Gasteiger partial charge in [-0.2, -0.15) is 0 Å². The van der Waals surface area contributed by atoms with E-state index in [-0.39, 0.29) is 18.1 Å². The molecule has 2 aromatic carbocycles. The Kier molecular flexibility index (Phi) is 7.72. The standard InChI is InChI=1S/C24H25NO6S/c1-5-30-24(27)21-18(16-11-12-19(28-3)20(13-16)29-4)14-32-23(21)25-22(26)15(2)31-17-9-7-6-8-10-17/h6-15H,5H2,1-4H3,(H,25,26). The molecule has 0 aliphatic rings. The summed E-state index contributed by atoms with van der Waals surface area (Å²) in [5, 5.41) is 5.00. The van der Waals surface area contributed by atoms with Crippen molar-refractivity contribution < 1.29 is 28.5 Å². The van der Waals surface area contributed by atoms with Crippen molar-refractivity contribution in [2.45, 2.75) is 20.0 Å². The maximum absolute atomic E-state index is 12.8. The van der Waals surface area contributed by atoms with Crippen LogP contribution in [0.3, 0.4) is 0 Å². The van der Waals surface area contributed by atoms with Gasteiger partial charge in [-0.15, -0.1) is 11.3 Å². The lowest BCUT2D eigenvalue weighted by molar-refractivity contribution is -0.122. The number of hydrogen-bond donors (Lipinski definition) is 1. The number of benzene rings is 2. The molecule has 1 aromatic heterocycles. The van der Waals surface area contributed by atoms with E-state index in [9.17, 15) is 9.59 Å². The number of amides is 1. The zero-order valence-electron chi connectivity index (χ0n) is 18.3. The zero-order chi connectivity index (χ0) is 23.1. The van der Waals surface area contributed by atoms with Crippen molar-refractivity contribution in [2.75, 3.05) is 26.1 Å². The first-order chi connectivity index (χ1) is 15.5. The Morgan fingerprint density at radius 3 is 2.41 bits per heavy atom. The molecule has 1 heterocycles. The number of anilines is 1. The highest BCUT2D eigenvalue weighted by Gasteiger charge is 2.25. The highest BCUT2D eigenvalue weighted by molar-refractivity contribution is 7.15. The molecule has 8 heteroatoms. The van der Waals surface area contributed by atoms with Crippen LogP contribution in [0.15, 0.2) is 53.9 Å². The van der Waals surface area contributed by atoms with E-state index < -0.39 is 12.1 Å². The Bertz CT molecular complexity index is 1080. The number of thiophene rings is 1. The van der Waals surface area contributed by atoms with Gasteiger partial charge in [0.05, 0.1) is 20.8 Å². The normalized spacial score (nSPS) is 11.4. The lowest BCUT2D eigenvalue weighted by Crippen LogP contribution is -2.30. The van der Waals surface area contributed by atoms with Gasteiger partial charge in [-0.25, -0.2) is 4.79 Å². The summed E-state index contributed by atoms with van der Waals surface area (Å²) in [7, 11) is 3.10. The van der Waals surface area contributed by atoms with Crippen LogP contribution in [0.2, 0.25) is 0 Å². The SMILES string of the molecule is CCOC(=O)c1c(-c2ccc(OC)c(OC)c2)csc1NC(=O)C(C)Oc1ccccc1. The van der Waals surface area contributed by atoms with E-state index in [4.69, 9.17) is 18.9 Å². The number of ether oxygens (including phenoxy) is 4. The molecule has 1 unspecified atom stereocenters. The fraction of sp³-hybridized carbons (Fsp3) is 0.250. The zero-order valence-corrected chi connectivity index (χ0v) is 19.2. The number of carbonyl (C=O) groups excluding carboxylic acids is 2. The molecule has 32 heavy (non-hydrogen) atoms. The number of esters is 1. The first-order valence-electron chi connectivity index (χ1n) is 10.0. The van der Waals surface area contributed by atoms with E-state index >= 15 is 0 Å². The molecule has 1 N–H and O–H groups in total. The molecular formula is C24H25NO6S. The molecule has 0 saturated heterocycles. The van der Waals surface area contributed by atoms with E-state index in [1.807, 2.05) is 24.3 Å². The summed E-state index contributed by atoms with van der Waals surface area (Å²) in [4.78, 5) is 25.5.